The summed E-state index contributed by atoms with van der Waals surface area (Å²) in [7, 11) is 0. The summed E-state index contributed by atoms with van der Waals surface area (Å²) < 4.78 is 0. The Balaban J connectivity index is 0.000000205. The summed E-state index contributed by atoms with van der Waals surface area (Å²) in [4.78, 5) is 15.0. The van der Waals surface area contributed by atoms with E-state index in [-0.39, 0.29) is 5.78 Å². The summed E-state index contributed by atoms with van der Waals surface area (Å²) in [5, 5.41) is 0. The number of carbonyl (C=O) groups excluding carboxylic acids is 1. The van der Waals surface area contributed by atoms with E-state index in [9.17, 15) is 4.79 Å². The van der Waals surface area contributed by atoms with E-state index in [1.165, 1.54) is 0 Å². The molecule has 1 heterocycles. The first-order chi connectivity index (χ1) is 9.86. The van der Waals surface area contributed by atoms with Gasteiger partial charge in [0.1, 0.15) is 0 Å². The van der Waals surface area contributed by atoms with Gasteiger partial charge in [-0.25, -0.2) is 0 Å². The lowest BCUT2D eigenvalue weighted by Crippen LogP contribution is -2.14. The van der Waals surface area contributed by atoms with Gasteiger partial charge in [-0.3, -0.25) is 4.79 Å². The molecule has 0 aliphatic heterocycles. The zero-order valence-corrected chi connectivity index (χ0v) is 11.0. The smallest absolute Gasteiger partial charge is 0.193 e. The molecule has 0 unspecified atom stereocenters. The quantitative estimate of drug-likeness (QED) is 0.512. The number of aromatic amines is 1. The fourth-order valence-corrected chi connectivity index (χ4v) is 2.42. The Bertz CT molecular complexity index is 649. The number of hydrogen-bond acceptors (Lipinski definition) is 1. The summed E-state index contributed by atoms with van der Waals surface area (Å²) in [5.41, 5.74) is 4.00. The highest BCUT2D eigenvalue weighted by Crippen LogP contribution is 2.26. The SMILES string of the molecule is O=C1c2ccccc2Cc2ccccc21.c1cc[nH]c1. The number of H-pyrrole nitrogens is 1. The number of nitrogens with one attached hydrogen (secondary N) is 1. The van der Waals surface area contributed by atoms with E-state index in [2.05, 4.69) is 4.98 Å². The second kappa shape index (κ2) is 5.57. The largest absolute Gasteiger partial charge is 0.368 e. The molecule has 0 bridgehead atoms. The van der Waals surface area contributed by atoms with Crippen LogP contribution in [-0.4, -0.2) is 10.8 Å². The predicted octanol–water partition coefficient (Wildman–Crippen LogP) is 3.84. The first kappa shape index (κ1) is 12.4. The Morgan fingerprint density at radius 2 is 1.20 bits per heavy atom. The summed E-state index contributed by atoms with van der Waals surface area (Å²) in [5.74, 6) is 0.160. The van der Waals surface area contributed by atoms with E-state index < -0.39 is 0 Å². The molecule has 2 nitrogen and oxygen atoms in total. The average Bonchev–Trinajstić information content (AvgIpc) is 3.07. The van der Waals surface area contributed by atoms with Gasteiger partial charge in [-0.2, -0.15) is 0 Å². The molecule has 2 aromatic carbocycles. The Kier molecular flexibility index (Phi) is 3.46. The Labute approximate surface area is 118 Å². The summed E-state index contributed by atoms with van der Waals surface area (Å²) >= 11 is 0. The van der Waals surface area contributed by atoms with Crippen molar-refractivity contribution in [2.24, 2.45) is 0 Å². The lowest BCUT2D eigenvalue weighted by atomic mass is 9.85. The number of carbonyl (C=O) groups is 1. The van der Waals surface area contributed by atoms with Gasteiger partial charge in [0, 0.05) is 23.5 Å². The van der Waals surface area contributed by atoms with Crippen LogP contribution in [0.25, 0.3) is 0 Å². The first-order valence-electron chi connectivity index (χ1n) is 6.64. The van der Waals surface area contributed by atoms with Crippen molar-refractivity contribution in [3.63, 3.8) is 0 Å². The maximum atomic E-state index is 12.1. The van der Waals surface area contributed by atoms with Gasteiger partial charge in [-0.1, -0.05) is 48.5 Å². The number of hydrogen-bond donors (Lipinski definition) is 1. The van der Waals surface area contributed by atoms with Gasteiger partial charge in [-0.05, 0) is 29.7 Å². The molecule has 1 aromatic heterocycles. The summed E-state index contributed by atoms with van der Waals surface area (Å²) in [6.45, 7) is 0. The average molecular weight is 261 g/mol. The third kappa shape index (κ3) is 2.41. The molecule has 20 heavy (non-hydrogen) atoms. The van der Waals surface area contributed by atoms with Gasteiger partial charge in [0.2, 0.25) is 0 Å². The molecule has 1 N–H and O–H groups in total. The Morgan fingerprint density at radius 3 is 1.65 bits per heavy atom. The van der Waals surface area contributed by atoms with E-state index >= 15 is 0 Å². The molecule has 0 amide bonds. The van der Waals surface area contributed by atoms with Crippen LogP contribution in [0, 0.1) is 0 Å². The predicted molar refractivity (Wildman–Crippen MR) is 79.9 cm³/mol. The maximum Gasteiger partial charge on any atom is 0.193 e. The molecular weight excluding hydrogens is 246 g/mol. The van der Waals surface area contributed by atoms with Gasteiger partial charge in [-0.15, -0.1) is 0 Å². The molecule has 98 valence electrons. The molecule has 0 spiro atoms. The molecule has 0 atom stereocenters. The van der Waals surface area contributed by atoms with Crippen molar-refractivity contribution in [2.45, 2.75) is 6.42 Å². The number of rotatable bonds is 0. The normalized spacial score (nSPS) is 11.9. The van der Waals surface area contributed by atoms with E-state index in [1.54, 1.807) is 0 Å². The van der Waals surface area contributed by atoms with Crippen molar-refractivity contribution >= 4 is 5.78 Å². The van der Waals surface area contributed by atoms with Crippen LogP contribution in [0.15, 0.2) is 73.1 Å². The highest BCUT2D eigenvalue weighted by atomic mass is 16.1. The Hall–Kier alpha value is -2.61. The molecule has 0 radical (unpaired) electrons. The number of fused-ring (bicyclic) bond motifs is 2. The highest BCUT2D eigenvalue weighted by Gasteiger charge is 2.21. The van der Waals surface area contributed by atoms with Crippen LogP contribution >= 0.6 is 0 Å². The topological polar surface area (TPSA) is 32.9 Å². The van der Waals surface area contributed by atoms with Crippen LogP contribution in [0.1, 0.15) is 27.0 Å². The van der Waals surface area contributed by atoms with Crippen molar-refractivity contribution in [1.29, 1.82) is 0 Å². The van der Waals surface area contributed by atoms with Gasteiger partial charge in [0.05, 0.1) is 0 Å². The number of aromatic nitrogens is 1. The summed E-state index contributed by atoms with van der Waals surface area (Å²) in [6, 6.07) is 19.6. The van der Waals surface area contributed by atoms with Crippen LogP contribution in [0.2, 0.25) is 0 Å². The zero-order valence-electron chi connectivity index (χ0n) is 11.0. The van der Waals surface area contributed by atoms with Crippen LogP contribution in [-0.2, 0) is 6.42 Å². The monoisotopic (exact) mass is 261 g/mol. The fourth-order valence-electron chi connectivity index (χ4n) is 2.42. The van der Waals surface area contributed by atoms with Gasteiger partial charge in [0.15, 0.2) is 5.78 Å². The van der Waals surface area contributed by atoms with Gasteiger partial charge >= 0.3 is 0 Å². The van der Waals surface area contributed by atoms with Crippen molar-refractivity contribution in [2.75, 3.05) is 0 Å². The lowest BCUT2D eigenvalue weighted by molar-refractivity contribution is 0.103. The fraction of sp³-hybridized carbons (Fsp3) is 0.0556. The number of benzene rings is 2. The van der Waals surface area contributed by atoms with Crippen molar-refractivity contribution in [3.8, 4) is 0 Å². The van der Waals surface area contributed by atoms with Crippen LogP contribution in [0.3, 0.4) is 0 Å². The lowest BCUT2D eigenvalue weighted by Gasteiger charge is -2.17. The molecule has 1 aliphatic rings. The third-order valence-electron chi connectivity index (χ3n) is 3.40. The Morgan fingerprint density at radius 1 is 0.700 bits per heavy atom. The minimum absolute atomic E-state index is 0.160. The van der Waals surface area contributed by atoms with E-state index in [0.29, 0.717) is 0 Å². The standard InChI is InChI=1S/C14H10O.C4H5N/c15-14-12-7-3-1-5-10(12)9-11-6-2-4-8-13(11)14;1-2-4-5-3-1/h1-8H,9H2;1-5H. The van der Waals surface area contributed by atoms with E-state index in [1.807, 2.05) is 73.1 Å². The minimum atomic E-state index is 0.160. The minimum Gasteiger partial charge on any atom is -0.368 e. The molecule has 0 fully saturated rings. The molecule has 4 rings (SSSR count). The second-order valence-electron chi connectivity index (χ2n) is 4.71. The van der Waals surface area contributed by atoms with Gasteiger partial charge < -0.3 is 4.98 Å². The van der Waals surface area contributed by atoms with Crippen LogP contribution in [0.5, 0.6) is 0 Å². The molecule has 2 heteroatoms. The molecule has 1 aliphatic carbocycles. The van der Waals surface area contributed by atoms with E-state index in [4.69, 9.17) is 0 Å². The third-order valence-corrected chi connectivity index (χ3v) is 3.40. The maximum absolute atomic E-state index is 12.1. The van der Waals surface area contributed by atoms with Crippen molar-refractivity contribution in [1.82, 2.24) is 4.98 Å². The zero-order chi connectivity index (χ0) is 13.8. The number of ketones is 1. The van der Waals surface area contributed by atoms with Crippen LogP contribution < -0.4 is 0 Å². The first-order valence-corrected chi connectivity index (χ1v) is 6.64. The molecule has 0 saturated carbocycles. The molecule has 3 aromatic rings. The van der Waals surface area contributed by atoms with E-state index in [0.717, 1.165) is 28.7 Å². The molecule has 0 saturated heterocycles. The van der Waals surface area contributed by atoms with Crippen molar-refractivity contribution < 1.29 is 4.79 Å². The molecular formula is C18H15NO. The van der Waals surface area contributed by atoms with Gasteiger partial charge in [0.25, 0.3) is 0 Å². The van der Waals surface area contributed by atoms with Crippen molar-refractivity contribution in [3.05, 3.63) is 95.3 Å². The summed E-state index contributed by atoms with van der Waals surface area (Å²) in [6.07, 6.45) is 4.62. The van der Waals surface area contributed by atoms with Crippen LogP contribution in [0.4, 0.5) is 0 Å². The highest BCUT2D eigenvalue weighted by molar-refractivity contribution is 6.12. The second-order valence-corrected chi connectivity index (χ2v) is 4.71.